The first kappa shape index (κ1) is 14.4. The summed E-state index contributed by atoms with van der Waals surface area (Å²) in [4.78, 5) is 0. The van der Waals surface area contributed by atoms with Crippen LogP contribution in [0.3, 0.4) is 0 Å². The van der Waals surface area contributed by atoms with E-state index in [1.807, 2.05) is 0 Å². The van der Waals surface area contributed by atoms with E-state index in [0.29, 0.717) is 18.5 Å². The molecule has 0 aromatic heterocycles. The molecule has 1 aromatic rings. The van der Waals surface area contributed by atoms with Gasteiger partial charge in [0, 0.05) is 13.0 Å². The van der Waals surface area contributed by atoms with E-state index in [-0.39, 0.29) is 5.02 Å². The largest absolute Gasteiger partial charge is 0.389 e. The van der Waals surface area contributed by atoms with Gasteiger partial charge in [0.15, 0.2) is 0 Å². The third kappa shape index (κ3) is 4.62. The monoisotopic (exact) mass is 259 g/mol. The van der Waals surface area contributed by atoms with Crippen LogP contribution >= 0.6 is 11.6 Å². The van der Waals surface area contributed by atoms with Crippen LogP contribution in [0.5, 0.6) is 0 Å². The average Bonchev–Trinajstić information content (AvgIpc) is 2.25. The van der Waals surface area contributed by atoms with Gasteiger partial charge in [0.25, 0.3) is 0 Å². The topological polar surface area (TPSA) is 32.3 Å². The van der Waals surface area contributed by atoms with Gasteiger partial charge in [-0.25, -0.2) is 4.39 Å². The average molecular weight is 260 g/mol. The van der Waals surface area contributed by atoms with E-state index in [9.17, 15) is 9.50 Å². The number of hydrogen-bond acceptors (Lipinski definition) is 2. The molecule has 0 spiro atoms. The van der Waals surface area contributed by atoms with Crippen molar-refractivity contribution in [3.8, 4) is 0 Å². The molecule has 1 atom stereocenters. The van der Waals surface area contributed by atoms with Crippen LogP contribution in [0.2, 0.25) is 5.02 Å². The zero-order valence-electron chi connectivity index (χ0n) is 10.3. The Morgan fingerprint density at radius 1 is 1.47 bits per heavy atom. The van der Waals surface area contributed by atoms with E-state index >= 15 is 0 Å². The number of nitrogens with one attached hydrogen (secondary N) is 1. The lowest BCUT2D eigenvalue weighted by atomic mass is 9.96. The van der Waals surface area contributed by atoms with Crippen LogP contribution < -0.4 is 5.32 Å². The van der Waals surface area contributed by atoms with E-state index < -0.39 is 11.4 Å². The van der Waals surface area contributed by atoms with Gasteiger partial charge in [0.2, 0.25) is 0 Å². The molecule has 0 bridgehead atoms. The molecule has 0 aliphatic rings. The Morgan fingerprint density at radius 2 is 2.18 bits per heavy atom. The van der Waals surface area contributed by atoms with Gasteiger partial charge in [-0.1, -0.05) is 30.7 Å². The van der Waals surface area contributed by atoms with Crippen molar-refractivity contribution in [3.05, 3.63) is 34.6 Å². The van der Waals surface area contributed by atoms with Gasteiger partial charge in [-0.05, 0) is 31.5 Å². The second-order valence-corrected chi connectivity index (χ2v) is 4.94. The Balaban J connectivity index is 2.65. The molecule has 96 valence electrons. The molecule has 0 heterocycles. The number of benzene rings is 1. The standard InChI is InChI=1S/C13H19ClFNO/c1-3-7-16-9-13(2,17)8-10-5-4-6-11(15)12(10)14/h4-6,16-17H,3,7-9H2,1-2H3. The molecule has 0 amide bonds. The zero-order valence-corrected chi connectivity index (χ0v) is 11.0. The SMILES string of the molecule is CCCNCC(C)(O)Cc1cccc(F)c1Cl. The summed E-state index contributed by atoms with van der Waals surface area (Å²) < 4.78 is 13.2. The van der Waals surface area contributed by atoms with E-state index in [1.54, 1.807) is 19.1 Å². The second-order valence-electron chi connectivity index (χ2n) is 4.56. The van der Waals surface area contributed by atoms with Crippen LogP contribution in [0.4, 0.5) is 4.39 Å². The highest BCUT2D eigenvalue weighted by atomic mass is 35.5. The fraction of sp³-hybridized carbons (Fsp3) is 0.538. The Morgan fingerprint density at radius 3 is 2.82 bits per heavy atom. The molecule has 17 heavy (non-hydrogen) atoms. The fourth-order valence-corrected chi connectivity index (χ4v) is 1.89. The summed E-state index contributed by atoms with van der Waals surface area (Å²) in [5.74, 6) is -0.443. The molecule has 1 rings (SSSR count). The maximum Gasteiger partial charge on any atom is 0.142 e. The van der Waals surface area contributed by atoms with Crippen molar-refractivity contribution in [1.29, 1.82) is 0 Å². The van der Waals surface area contributed by atoms with Crippen LogP contribution in [-0.2, 0) is 6.42 Å². The van der Waals surface area contributed by atoms with Crippen LogP contribution in [0.25, 0.3) is 0 Å². The van der Waals surface area contributed by atoms with Gasteiger partial charge in [-0.2, -0.15) is 0 Å². The molecule has 2 nitrogen and oxygen atoms in total. The Kier molecular flexibility index (Phi) is 5.37. The van der Waals surface area contributed by atoms with Crippen molar-refractivity contribution in [3.63, 3.8) is 0 Å². The maximum atomic E-state index is 13.2. The van der Waals surface area contributed by atoms with Gasteiger partial charge >= 0.3 is 0 Å². The Hall–Kier alpha value is -0.640. The summed E-state index contributed by atoms with van der Waals surface area (Å²) in [6.07, 6.45) is 1.34. The maximum absolute atomic E-state index is 13.2. The number of aliphatic hydroxyl groups is 1. The predicted octanol–water partition coefficient (Wildman–Crippen LogP) is 2.77. The minimum atomic E-state index is -0.924. The van der Waals surface area contributed by atoms with Crippen LogP contribution in [0.1, 0.15) is 25.8 Å². The molecule has 0 saturated carbocycles. The summed E-state index contributed by atoms with van der Waals surface area (Å²) in [6, 6.07) is 4.65. The quantitative estimate of drug-likeness (QED) is 0.770. The van der Waals surface area contributed by atoms with Gasteiger partial charge in [-0.15, -0.1) is 0 Å². The molecule has 0 aliphatic carbocycles. The van der Waals surface area contributed by atoms with Crippen molar-refractivity contribution in [2.24, 2.45) is 0 Å². The minimum absolute atomic E-state index is 0.100. The molecule has 0 fully saturated rings. The van der Waals surface area contributed by atoms with Crippen molar-refractivity contribution in [1.82, 2.24) is 5.32 Å². The summed E-state index contributed by atoms with van der Waals surface area (Å²) in [5.41, 5.74) is -0.290. The fourth-order valence-electron chi connectivity index (χ4n) is 1.69. The molecular formula is C13H19ClFNO. The van der Waals surface area contributed by atoms with Crippen molar-refractivity contribution >= 4 is 11.6 Å². The zero-order chi connectivity index (χ0) is 12.9. The highest BCUT2D eigenvalue weighted by Crippen LogP contribution is 2.23. The number of rotatable bonds is 6. The highest BCUT2D eigenvalue weighted by Gasteiger charge is 2.22. The van der Waals surface area contributed by atoms with E-state index in [1.165, 1.54) is 6.07 Å². The first-order valence-electron chi connectivity index (χ1n) is 5.82. The van der Waals surface area contributed by atoms with Gasteiger partial charge < -0.3 is 10.4 Å². The molecule has 4 heteroatoms. The molecule has 0 aliphatic heterocycles. The van der Waals surface area contributed by atoms with Crippen LogP contribution in [0.15, 0.2) is 18.2 Å². The Bertz CT molecular complexity index is 368. The highest BCUT2D eigenvalue weighted by molar-refractivity contribution is 6.31. The summed E-state index contributed by atoms with van der Waals surface area (Å²) in [7, 11) is 0. The third-order valence-corrected chi connectivity index (χ3v) is 2.96. The second kappa shape index (κ2) is 6.34. The lowest BCUT2D eigenvalue weighted by Gasteiger charge is -2.24. The van der Waals surface area contributed by atoms with E-state index in [2.05, 4.69) is 12.2 Å². The van der Waals surface area contributed by atoms with Crippen molar-refractivity contribution < 1.29 is 9.50 Å². The molecular weight excluding hydrogens is 241 g/mol. The van der Waals surface area contributed by atoms with Crippen LogP contribution in [-0.4, -0.2) is 23.8 Å². The molecule has 1 unspecified atom stereocenters. The summed E-state index contributed by atoms with van der Waals surface area (Å²) in [5, 5.41) is 13.4. The van der Waals surface area contributed by atoms with Gasteiger partial charge in [0.1, 0.15) is 5.82 Å². The van der Waals surface area contributed by atoms with Crippen molar-refractivity contribution in [2.45, 2.75) is 32.3 Å². The predicted molar refractivity (Wildman–Crippen MR) is 68.9 cm³/mol. The summed E-state index contributed by atoms with van der Waals surface area (Å²) >= 11 is 5.85. The van der Waals surface area contributed by atoms with E-state index in [0.717, 1.165) is 13.0 Å². The number of hydrogen-bond donors (Lipinski definition) is 2. The Labute approximate surface area is 107 Å². The molecule has 0 saturated heterocycles. The molecule has 2 N–H and O–H groups in total. The minimum Gasteiger partial charge on any atom is -0.389 e. The van der Waals surface area contributed by atoms with Gasteiger partial charge in [0.05, 0.1) is 10.6 Å². The molecule has 1 aromatic carbocycles. The van der Waals surface area contributed by atoms with E-state index in [4.69, 9.17) is 11.6 Å². The first-order valence-corrected chi connectivity index (χ1v) is 6.20. The van der Waals surface area contributed by atoms with Crippen LogP contribution in [0, 0.1) is 5.82 Å². The lowest BCUT2D eigenvalue weighted by molar-refractivity contribution is 0.0603. The van der Waals surface area contributed by atoms with Gasteiger partial charge in [-0.3, -0.25) is 0 Å². The smallest absolute Gasteiger partial charge is 0.142 e. The first-order chi connectivity index (χ1) is 7.96. The third-order valence-electron chi connectivity index (χ3n) is 2.54. The number of halogens is 2. The molecule has 0 radical (unpaired) electrons. The summed E-state index contributed by atoms with van der Waals surface area (Å²) in [6.45, 7) is 5.10. The lowest BCUT2D eigenvalue weighted by Crippen LogP contribution is -2.40. The normalized spacial score (nSPS) is 14.6. The van der Waals surface area contributed by atoms with Crippen molar-refractivity contribution in [2.75, 3.05) is 13.1 Å².